The van der Waals surface area contributed by atoms with E-state index in [1.807, 2.05) is 19.1 Å². The Balaban J connectivity index is 0.00000256. The van der Waals surface area contributed by atoms with Crippen molar-refractivity contribution in [3.8, 4) is 11.1 Å². The molecule has 1 aromatic carbocycles. The van der Waals surface area contributed by atoms with E-state index in [1.54, 1.807) is 6.07 Å². The van der Waals surface area contributed by atoms with Crippen LogP contribution in [0.25, 0.3) is 16.8 Å². The van der Waals surface area contributed by atoms with Crippen LogP contribution >= 0.6 is 35.6 Å². The van der Waals surface area contributed by atoms with E-state index in [0.717, 1.165) is 41.1 Å². The highest BCUT2D eigenvalue weighted by Crippen LogP contribution is 2.39. The van der Waals surface area contributed by atoms with Crippen molar-refractivity contribution in [2.75, 3.05) is 11.4 Å². The molecule has 0 saturated heterocycles. The maximum atomic E-state index is 6.55. The van der Waals surface area contributed by atoms with Gasteiger partial charge in [-0.1, -0.05) is 56.0 Å². The second-order valence-electron chi connectivity index (χ2n) is 7.99. The molecular formula is C23H29Cl3N4. The second-order valence-corrected chi connectivity index (χ2v) is 8.84. The van der Waals surface area contributed by atoms with E-state index in [1.165, 1.54) is 37.1 Å². The number of hydrogen-bond donors (Lipinski definition) is 0. The number of aromatic nitrogens is 3. The number of rotatable bonds is 6. The van der Waals surface area contributed by atoms with Crippen LogP contribution in [0.4, 0.5) is 5.82 Å². The van der Waals surface area contributed by atoms with Crippen LogP contribution in [0.2, 0.25) is 10.0 Å². The Kier molecular flexibility index (Phi) is 7.21. The summed E-state index contributed by atoms with van der Waals surface area (Å²) in [6, 6.07) is 6.17. The normalized spacial score (nSPS) is 13.2. The molecular weight excluding hydrogens is 439 g/mol. The van der Waals surface area contributed by atoms with Crippen molar-refractivity contribution in [3.05, 3.63) is 45.2 Å². The van der Waals surface area contributed by atoms with Gasteiger partial charge in [0, 0.05) is 34.4 Å². The standard InChI is InChI=1S/C23H28Cl2N4.ClH/c1-5-7-17(8-6-2)28-12-11-18-14(3)26-22-21(15(4)27-29(22)23(18)28)19-10-9-16(24)13-20(19)25;/h9-10,13,17H,5-8,11-12H2,1-4H3;1H. The van der Waals surface area contributed by atoms with E-state index in [0.29, 0.717) is 16.1 Å². The van der Waals surface area contributed by atoms with E-state index in [4.69, 9.17) is 33.3 Å². The van der Waals surface area contributed by atoms with E-state index in [2.05, 4.69) is 30.2 Å². The zero-order valence-electron chi connectivity index (χ0n) is 18.0. The van der Waals surface area contributed by atoms with Crippen LogP contribution in [0.3, 0.4) is 0 Å². The first-order chi connectivity index (χ1) is 14.0. The molecule has 4 nitrogen and oxygen atoms in total. The zero-order chi connectivity index (χ0) is 20.7. The predicted molar refractivity (Wildman–Crippen MR) is 130 cm³/mol. The summed E-state index contributed by atoms with van der Waals surface area (Å²) >= 11 is 12.7. The molecule has 30 heavy (non-hydrogen) atoms. The van der Waals surface area contributed by atoms with Crippen molar-refractivity contribution >= 4 is 47.1 Å². The van der Waals surface area contributed by atoms with Crippen molar-refractivity contribution in [3.63, 3.8) is 0 Å². The first kappa shape index (κ1) is 23.2. The van der Waals surface area contributed by atoms with Crippen LogP contribution in [-0.4, -0.2) is 27.2 Å². The van der Waals surface area contributed by atoms with Crippen LogP contribution in [0.1, 0.15) is 56.5 Å². The van der Waals surface area contributed by atoms with Crippen LogP contribution < -0.4 is 4.90 Å². The molecule has 1 aliphatic rings. The van der Waals surface area contributed by atoms with Crippen molar-refractivity contribution in [2.24, 2.45) is 0 Å². The minimum absolute atomic E-state index is 0. The van der Waals surface area contributed by atoms with Gasteiger partial charge in [0.15, 0.2) is 5.65 Å². The molecule has 0 saturated carbocycles. The monoisotopic (exact) mass is 466 g/mol. The summed E-state index contributed by atoms with van der Waals surface area (Å²) in [4.78, 5) is 7.55. The van der Waals surface area contributed by atoms with E-state index in [9.17, 15) is 0 Å². The lowest BCUT2D eigenvalue weighted by atomic mass is 10.1. The Bertz CT molecular complexity index is 1050. The van der Waals surface area contributed by atoms with Gasteiger partial charge < -0.3 is 4.90 Å². The van der Waals surface area contributed by atoms with Gasteiger partial charge in [-0.15, -0.1) is 12.4 Å². The molecule has 0 spiro atoms. The Morgan fingerprint density at radius 2 is 1.77 bits per heavy atom. The molecule has 2 aromatic heterocycles. The van der Waals surface area contributed by atoms with E-state index >= 15 is 0 Å². The van der Waals surface area contributed by atoms with Crippen LogP contribution in [0, 0.1) is 13.8 Å². The van der Waals surface area contributed by atoms with E-state index in [-0.39, 0.29) is 12.4 Å². The Hall–Kier alpha value is -1.49. The van der Waals surface area contributed by atoms with Gasteiger partial charge in [-0.2, -0.15) is 9.61 Å². The van der Waals surface area contributed by atoms with Crippen molar-refractivity contribution in [1.29, 1.82) is 0 Å². The number of hydrogen-bond acceptors (Lipinski definition) is 3. The Morgan fingerprint density at radius 1 is 1.07 bits per heavy atom. The van der Waals surface area contributed by atoms with Gasteiger partial charge in [0.05, 0.1) is 16.3 Å². The molecule has 0 radical (unpaired) electrons. The van der Waals surface area contributed by atoms with Gasteiger partial charge >= 0.3 is 0 Å². The van der Waals surface area contributed by atoms with Crippen molar-refractivity contribution in [2.45, 2.75) is 65.8 Å². The Morgan fingerprint density at radius 3 is 2.40 bits per heavy atom. The van der Waals surface area contributed by atoms with Gasteiger partial charge in [-0.25, -0.2) is 4.98 Å². The minimum Gasteiger partial charge on any atom is -0.353 e. The minimum atomic E-state index is 0. The van der Waals surface area contributed by atoms with Gasteiger partial charge in [0.1, 0.15) is 5.82 Å². The third-order valence-corrected chi connectivity index (χ3v) is 6.52. The highest BCUT2D eigenvalue weighted by atomic mass is 35.5. The quantitative estimate of drug-likeness (QED) is 0.388. The molecule has 0 unspecified atom stereocenters. The summed E-state index contributed by atoms with van der Waals surface area (Å²) in [6.07, 6.45) is 5.81. The van der Waals surface area contributed by atoms with E-state index < -0.39 is 0 Å². The molecule has 0 bridgehead atoms. The molecule has 0 amide bonds. The maximum absolute atomic E-state index is 6.55. The third-order valence-electron chi connectivity index (χ3n) is 5.98. The number of nitrogens with zero attached hydrogens (tertiary/aromatic N) is 4. The molecule has 7 heteroatoms. The summed E-state index contributed by atoms with van der Waals surface area (Å²) < 4.78 is 2.06. The number of anilines is 1. The van der Waals surface area contributed by atoms with Gasteiger partial charge in [-0.05, 0) is 45.2 Å². The SMILES string of the molecule is CCCC(CCC)N1CCc2c(C)nc3c(-c4ccc(Cl)cc4Cl)c(C)nn3c21.Cl. The fourth-order valence-corrected chi connectivity index (χ4v) is 5.20. The first-order valence-corrected chi connectivity index (χ1v) is 11.3. The zero-order valence-corrected chi connectivity index (χ0v) is 20.3. The predicted octanol–water partition coefficient (Wildman–Crippen LogP) is 7.07. The summed E-state index contributed by atoms with van der Waals surface area (Å²) in [5, 5.41) is 6.20. The van der Waals surface area contributed by atoms with Gasteiger partial charge in [0.2, 0.25) is 0 Å². The summed E-state index contributed by atoms with van der Waals surface area (Å²) in [5.41, 5.74) is 6.15. The number of aryl methyl sites for hydroxylation is 2. The number of benzene rings is 1. The molecule has 162 valence electrons. The van der Waals surface area contributed by atoms with Gasteiger partial charge in [-0.3, -0.25) is 0 Å². The van der Waals surface area contributed by atoms with Crippen LogP contribution in [-0.2, 0) is 6.42 Å². The maximum Gasteiger partial charge on any atom is 0.165 e. The number of halogens is 3. The molecule has 3 aromatic rings. The molecule has 1 aliphatic heterocycles. The molecule has 0 N–H and O–H groups in total. The van der Waals surface area contributed by atoms with Crippen LogP contribution in [0.5, 0.6) is 0 Å². The lowest BCUT2D eigenvalue weighted by Gasteiger charge is -2.30. The van der Waals surface area contributed by atoms with Crippen LogP contribution in [0.15, 0.2) is 18.2 Å². The van der Waals surface area contributed by atoms with Crippen molar-refractivity contribution < 1.29 is 0 Å². The fraction of sp³-hybridized carbons (Fsp3) is 0.478. The highest BCUT2D eigenvalue weighted by Gasteiger charge is 2.31. The molecule has 0 aliphatic carbocycles. The summed E-state index contributed by atoms with van der Waals surface area (Å²) in [6.45, 7) is 9.73. The largest absolute Gasteiger partial charge is 0.353 e. The van der Waals surface area contributed by atoms with Gasteiger partial charge in [0.25, 0.3) is 0 Å². The molecule has 0 fully saturated rings. The topological polar surface area (TPSA) is 33.4 Å². The summed E-state index contributed by atoms with van der Waals surface area (Å²) in [5.74, 6) is 1.22. The first-order valence-electron chi connectivity index (χ1n) is 10.6. The fourth-order valence-electron chi connectivity index (χ4n) is 4.69. The summed E-state index contributed by atoms with van der Waals surface area (Å²) in [7, 11) is 0. The smallest absolute Gasteiger partial charge is 0.165 e. The average molecular weight is 468 g/mol. The average Bonchev–Trinajstić information content (AvgIpc) is 3.24. The number of fused-ring (bicyclic) bond motifs is 3. The lowest BCUT2D eigenvalue weighted by molar-refractivity contribution is 0.508. The molecule has 0 atom stereocenters. The molecule has 3 heterocycles. The van der Waals surface area contributed by atoms with Crippen molar-refractivity contribution in [1.82, 2.24) is 14.6 Å². The second kappa shape index (κ2) is 9.33. The Labute approximate surface area is 195 Å². The third kappa shape index (κ3) is 3.90. The highest BCUT2D eigenvalue weighted by molar-refractivity contribution is 6.36. The molecule has 4 rings (SSSR count). The lowest BCUT2D eigenvalue weighted by Crippen LogP contribution is -2.35.